The van der Waals surface area contributed by atoms with Gasteiger partial charge >= 0.3 is 0 Å². The molecule has 0 spiro atoms. The number of hydrogen-bond acceptors (Lipinski definition) is 0. The third kappa shape index (κ3) is 5.15. The van der Waals surface area contributed by atoms with Crippen molar-refractivity contribution in [3.05, 3.63) is 131 Å². The van der Waals surface area contributed by atoms with E-state index >= 15 is 4.39 Å². The average Bonchev–Trinajstić information content (AvgIpc) is 2.82. The Bertz CT molecular complexity index is 1380. The van der Waals surface area contributed by atoms with E-state index in [1.54, 1.807) is 12.1 Å². The van der Waals surface area contributed by atoms with Gasteiger partial charge in [0.25, 0.3) is 0 Å². The van der Waals surface area contributed by atoms with Gasteiger partial charge in [-0.05, 0) is 73.2 Å². The van der Waals surface area contributed by atoms with Gasteiger partial charge in [0, 0.05) is 22.1 Å². The van der Waals surface area contributed by atoms with Crippen molar-refractivity contribution in [3.63, 3.8) is 0 Å². The highest BCUT2D eigenvalue weighted by Crippen LogP contribution is 2.22. The lowest BCUT2D eigenvalue weighted by Gasteiger charge is -2.03. The number of fused-ring (bicyclic) bond motifs is 1. The lowest BCUT2D eigenvalue weighted by molar-refractivity contribution is 0.636. The molecule has 0 unspecified atom stereocenters. The minimum atomic E-state index is -0.295. The number of allylic oxidation sites excluding steroid dienone is 1. The highest BCUT2D eigenvalue weighted by Gasteiger charge is 2.06. The summed E-state index contributed by atoms with van der Waals surface area (Å²) in [6.45, 7) is 5.79. The summed E-state index contributed by atoms with van der Waals surface area (Å²) < 4.78 is 15.0. The zero-order valence-electron chi connectivity index (χ0n) is 18.1. The first-order valence-electron chi connectivity index (χ1n) is 10.7. The molecule has 0 aliphatic heterocycles. The quantitative estimate of drug-likeness (QED) is 0.245. The Kier molecular flexibility index (Phi) is 6.50. The van der Waals surface area contributed by atoms with Crippen LogP contribution in [-0.4, -0.2) is 0 Å². The van der Waals surface area contributed by atoms with E-state index in [0.717, 1.165) is 34.9 Å². The first-order chi connectivity index (χ1) is 15.6. The van der Waals surface area contributed by atoms with Crippen molar-refractivity contribution in [2.45, 2.75) is 19.8 Å². The van der Waals surface area contributed by atoms with Crippen molar-refractivity contribution >= 4 is 10.8 Å². The molecule has 154 valence electrons. The Morgan fingerprint density at radius 1 is 0.750 bits per heavy atom. The Hall–Kier alpha value is -4.07. The van der Waals surface area contributed by atoms with Crippen LogP contribution in [0.5, 0.6) is 0 Å². The van der Waals surface area contributed by atoms with Crippen LogP contribution >= 0.6 is 0 Å². The molecule has 4 aromatic carbocycles. The van der Waals surface area contributed by atoms with Crippen molar-refractivity contribution in [1.29, 1.82) is 0 Å². The summed E-state index contributed by atoms with van der Waals surface area (Å²) in [7, 11) is 0. The first-order valence-corrected chi connectivity index (χ1v) is 10.7. The Morgan fingerprint density at radius 3 is 2.09 bits per heavy atom. The highest BCUT2D eigenvalue weighted by atomic mass is 19.1. The van der Waals surface area contributed by atoms with Gasteiger partial charge in [0.15, 0.2) is 0 Å². The monoisotopic (exact) mass is 414 g/mol. The fraction of sp³-hybridized carbons (Fsp3) is 0.0968. The number of hydrogen-bond donors (Lipinski definition) is 0. The van der Waals surface area contributed by atoms with Crippen molar-refractivity contribution < 1.29 is 4.39 Å². The van der Waals surface area contributed by atoms with Gasteiger partial charge in [0.05, 0.1) is 5.56 Å². The van der Waals surface area contributed by atoms with E-state index < -0.39 is 0 Å². The van der Waals surface area contributed by atoms with Crippen LogP contribution in [0.3, 0.4) is 0 Å². The normalized spacial score (nSPS) is 10.1. The Balaban J connectivity index is 1.56. The third-order valence-corrected chi connectivity index (χ3v) is 5.29. The molecular formula is C31H23F. The van der Waals surface area contributed by atoms with Crippen molar-refractivity contribution in [2.24, 2.45) is 0 Å². The molecule has 0 fully saturated rings. The summed E-state index contributed by atoms with van der Waals surface area (Å²) >= 11 is 0. The molecule has 0 saturated carbocycles. The second-order valence-corrected chi connectivity index (χ2v) is 7.75. The molecule has 0 aliphatic carbocycles. The van der Waals surface area contributed by atoms with Gasteiger partial charge in [-0.3, -0.25) is 0 Å². The molecule has 0 N–H and O–H groups in total. The van der Waals surface area contributed by atoms with E-state index in [1.165, 1.54) is 11.1 Å². The SMILES string of the molecule is C=CCCc1ccc(C#Cc2ccc3c(F)c(C#Cc4ccc(C)cc4)ccc3c2)cc1. The number of rotatable bonds is 3. The molecule has 0 amide bonds. The summed E-state index contributed by atoms with van der Waals surface area (Å²) in [5.41, 5.74) is 5.53. The molecule has 4 aromatic rings. The number of aryl methyl sites for hydroxylation is 2. The summed E-state index contributed by atoms with van der Waals surface area (Å²) in [6, 6.07) is 25.3. The van der Waals surface area contributed by atoms with Crippen LogP contribution in [0.2, 0.25) is 0 Å². The van der Waals surface area contributed by atoms with Crippen molar-refractivity contribution in [1.82, 2.24) is 0 Å². The molecule has 0 saturated heterocycles. The molecule has 4 rings (SSSR count). The second kappa shape index (κ2) is 9.82. The fourth-order valence-electron chi connectivity index (χ4n) is 3.41. The number of halogens is 1. The minimum Gasteiger partial charge on any atom is -0.205 e. The molecule has 0 aliphatic rings. The standard InChI is InChI=1S/C31H23F/c1-3-4-5-24-10-12-26(13-11-24)14-15-27-17-21-30-29(22-27)20-19-28(31(30)32)18-16-25-8-6-23(2)7-9-25/h3,6-13,17,19-22H,1,4-5H2,2H3. The van der Waals surface area contributed by atoms with E-state index in [1.807, 2.05) is 67.6 Å². The zero-order valence-corrected chi connectivity index (χ0v) is 18.1. The highest BCUT2D eigenvalue weighted by molar-refractivity contribution is 5.86. The average molecular weight is 415 g/mol. The minimum absolute atomic E-state index is 0.295. The van der Waals surface area contributed by atoms with Gasteiger partial charge in [-0.1, -0.05) is 71.7 Å². The van der Waals surface area contributed by atoms with E-state index in [0.29, 0.717) is 10.9 Å². The molecule has 1 heteroatoms. The van der Waals surface area contributed by atoms with Gasteiger partial charge < -0.3 is 0 Å². The summed E-state index contributed by atoms with van der Waals surface area (Å²) in [5.74, 6) is 12.1. The Morgan fingerprint density at radius 2 is 1.38 bits per heavy atom. The summed E-state index contributed by atoms with van der Waals surface area (Å²) in [5, 5.41) is 1.37. The molecule has 32 heavy (non-hydrogen) atoms. The maximum Gasteiger partial charge on any atom is 0.146 e. The van der Waals surface area contributed by atoms with Crippen molar-refractivity contribution in [2.75, 3.05) is 0 Å². The largest absolute Gasteiger partial charge is 0.205 e. The van der Waals surface area contributed by atoms with Crippen LogP contribution in [-0.2, 0) is 6.42 Å². The fourth-order valence-corrected chi connectivity index (χ4v) is 3.41. The smallest absolute Gasteiger partial charge is 0.146 e. The zero-order chi connectivity index (χ0) is 22.3. The molecule has 0 aromatic heterocycles. The third-order valence-electron chi connectivity index (χ3n) is 5.29. The van der Waals surface area contributed by atoms with E-state index in [-0.39, 0.29) is 5.82 Å². The maximum atomic E-state index is 15.0. The predicted molar refractivity (Wildman–Crippen MR) is 132 cm³/mol. The first kappa shape index (κ1) is 21.2. The second-order valence-electron chi connectivity index (χ2n) is 7.75. The number of benzene rings is 4. The molecular weight excluding hydrogens is 391 g/mol. The van der Waals surface area contributed by atoms with Gasteiger partial charge in [0.2, 0.25) is 0 Å². The van der Waals surface area contributed by atoms with Crippen LogP contribution in [0.15, 0.2) is 91.5 Å². The molecule has 0 radical (unpaired) electrons. The predicted octanol–water partition coefficient (Wildman–Crippen LogP) is 7.21. The van der Waals surface area contributed by atoms with Crippen LogP contribution in [0.1, 0.15) is 39.8 Å². The lowest BCUT2D eigenvalue weighted by Crippen LogP contribution is -1.88. The molecule has 0 bridgehead atoms. The van der Waals surface area contributed by atoms with Gasteiger partial charge in [-0.15, -0.1) is 6.58 Å². The topological polar surface area (TPSA) is 0 Å². The molecule has 0 nitrogen and oxygen atoms in total. The van der Waals surface area contributed by atoms with Crippen molar-refractivity contribution in [3.8, 4) is 23.7 Å². The maximum absolute atomic E-state index is 15.0. The van der Waals surface area contributed by atoms with E-state index in [9.17, 15) is 0 Å². The summed E-state index contributed by atoms with van der Waals surface area (Å²) in [6.07, 6.45) is 3.89. The van der Waals surface area contributed by atoms with Gasteiger partial charge in [-0.2, -0.15) is 0 Å². The van der Waals surface area contributed by atoms with Crippen LogP contribution in [0.25, 0.3) is 10.8 Å². The van der Waals surface area contributed by atoms with Crippen LogP contribution in [0.4, 0.5) is 4.39 Å². The van der Waals surface area contributed by atoms with Gasteiger partial charge in [-0.25, -0.2) is 4.39 Å². The lowest BCUT2D eigenvalue weighted by atomic mass is 10.0. The molecule has 0 atom stereocenters. The van der Waals surface area contributed by atoms with Crippen LogP contribution in [0, 0.1) is 36.4 Å². The van der Waals surface area contributed by atoms with Crippen LogP contribution < -0.4 is 0 Å². The van der Waals surface area contributed by atoms with E-state index in [4.69, 9.17) is 0 Å². The molecule has 0 heterocycles. The Labute approximate surface area is 189 Å². The summed E-state index contributed by atoms with van der Waals surface area (Å²) in [4.78, 5) is 0. The van der Waals surface area contributed by atoms with Gasteiger partial charge in [0.1, 0.15) is 5.82 Å². The van der Waals surface area contributed by atoms with E-state index in [2.05, 4.69) is 42.4 Å².